The van der Waals surface area contributed by atoms with Gasteiger partial charge in [-0.2, -0.15) is 0 Å². The minimum atomic E-state index is -4.75. The van der Waals surface area contributed by atoms with Gasteiger partial charge in [0.05, 0.1) is 6.61 Å². The molecule has 8 heteroatoms. The van der Waals surface area contributed by atoms with Gasteiger partial charge in [-0.05, 0) is 54.3 Å². The first-order valence-electron chi connectivity index (χ1n) is 8.89. The zero-order chi connectivity index (χ0) is 20.7. The molecular weight excluding hydrogens is 373 g/mol. The average Bonchev–Trinajstić information content (AvgIpc) is 2.66. The molecule has 0 amide bonds. The highest BCUT2D eigenvalue weighted by molar-refractivity contribution is 5.79. The first-order valence-corrected chi connectivity index (χ1v) is 8.89. The lowest BCUT2D eigenvalue weighted by Gasteiger charge is -2.20. The Kier molecular flexibility index (Phi) is 7.42. The van der Waals surface area contributed by atoms with Gasteiger partial charge >= 0.3 is 6.36 Å². The maximum absolute atomic E-state index is 12.3. The predicted molar refractivity (Wildman–Crippen MR) is 101 cm³/mol. The fourth-order valence-corrected chi connectivity index (χ4v) is 2.83. The summed E-state index contributed by atoms with van der Waals surface area (Å²) in [6.07, 6.45) is -0.864. The van der Waals surface area contributed by atoms with E-state index in [0.29, 0.717) is 29.1 Å². The summed E-state index contributed by atoms with van der Waals surface area (Å²) in [6, 6.07) is 6.92. The molecule has 0 spiro atoms. The van der Waals surface area contributed by atoms with E-state index in [0.717, 1.165) is 12.0 Å². The number of rotatable bonds is 8. The average molecular weight is 396 g/mol. The number of benzene rings is 1. The van der Waals surface area contributed by atoms with Crippen LogP contribution < -0.4 is 10.1 Å². The second kappa shape index (κ2) is 9.57. The maximum atomic E-state index is 12.3. The van der Waals surface area contributed by atoms with E-state index in [4.69, 9.17) is 0 Å². The standard InChI is InChI=1S/C20H23F3N2O3/c1-3-5-13(4-2)18-16(17(27)12-26)10-11-24-19(18)25-14-6-8-15(9-7-14)28-20(21,22)23/h5-11,17,26-27H,3-4,12H2,1-2H3,(H,24,25)/b13-5+. The summed E-state index contributed by atoms with van der Waals surface area (Å²) in [6.45, 7) is 3.51. The smallest absolute Gasteiger partial charge is 0.406 e. The van der Waals surface area contributed by atoms with Crippen LogP contribution in [0.2, 0.25) is 0 Å². The van der Waals surface area contributed by atoms with Crippen LogP contribution >= 0.6 is 0 Å². The van der Waals surface area contributed by atoms with Gasteiger partial charge in [0.1, 0.15) is 17.7 Å². The number of alkyl halides is 3. The van der Waals surface area contributed by atoms with Crippen molar-refractivity contribution in [3.8, 4) is 5.75 Å². The number of hydrogen-bond acceptors (Lipinski definition) is 5. The molecule has 0 fully saturated rings. The molecule has 0 bridgehead atoms. The van der Waals surface area contributed by atoms with E-state index in [1.54, 1.807) is 6.07 Å². The van der Waals surface area contributed by atoms with Gasteiger partial charge in [-0.15, -0.1) is 13.2 Å². The Bertz CT molecular complexity index is 805. The van der Waals surface area contributed by atoms with E-state index in [9.17, 15) is 23.4 Å². The number of nitrogens with one attached hydrogen (secondary N) is 1. The lowest BCUT2D eigenvalue weighted by Crippen LogP contribution is -2.17. The molecule has 2 rings (SSSR count). The normalized spacial score (nSPS) is 13.3. The molecule has 0 aliphatic heterocycles. The molecule has 1 atom stereocenters. The minimum Gasteiger partial charge on any atom is -0.406 e. The number of aromatic nitrogens is 1. The fraction of sp³-hybridized carbons (Fsp3) is 0.350. The molecule has 152 valence electrons. The Morgan fingerprint density at radius 3 is 2.43 bits per heavy atom. The molecule has 2 aromatic rings. The lowest BCUT2D eigenvalue weighted by molar-refractivity contribution is -0.274. The summed E-state index contributed by atoms with van der Waals surface area (Å²) < 4.78 is 40.8. The van der Waals surface area contributed by atoms with Gasteiger partial charge in [-0.1, -0.05) is 19.9 Å². The van der Waals surface area contributed by atoms with Crippen molar-refractivity contribution in [2.75, 3.05) is 11.9 Å². The van der Waals surface area contributed by atoms with Crippen LogP contribution in [0.4, 0.5) is 24.7 Å². The number of halogens is 3. The van der Waals surface area contributed by atoms with Crippen molar-refractivity contribution in [3.05, 3.63) is 53.7 Å². The summed E-state index contributed by atoms with van der Waals surface area (Å²) in [4.78, 5) is 4.33. The second-order valence-corrected chi connectivity index (χ2v) is 6.01. The molecule has 1 heterocycles. The van der Waals surface area contributed by atoms with E-state index in [-0.39, 0.29) is 5.75 Å². The number of hydrogen-bond donors (Lipinski definition) is 3. The summed E-state index contributed by atoms with van der Waals surface area (Å²) in [7, 11) is 0. The van der Waals surface area contributed by atoms with E-state index >= 15 is 0 Å². The largest absolute Gasteiger partial charge is 0.573 e. The van der Waals surface area contributed by atoms with Crippen molar-refractivity contribution in [1.82, 2.24) is 4.98 Å². The first-order chi connectivity index (χ1) is 13.3. The van der Waals surface area contributed by atoms with Gasteiger partial charge in [-0.3, -0.25) is 0 Å². The van der Waals surface area contributed by atoms with E-state index in [1.807, 2.05) is 19.9 Å². The van der Waals surface area contributed by atoms with Crippen molar-refractivity contribution in [1.29, 1.82) is 0 Å². The summed E-state index contributed by atoms with van der Waals surface area (Å²) in [5.41, 5.74) is 2.64. The topological polar surface area (TPSA) is 74.6 Å². The monoisotopic (exact) mass is 396 g/mol. The lowest BCUT2D eigenvalue weighted by atomic mass is 9.94. The molecule has 1 unspecified atom stereocenters. The van der Waals surface area contributed by atoms with Crippen molar-refractivity contribution in [2.45, 2.75) is 39.2 Å². The van der Waals surface area contributed by atoms with Gasteiger partial charge in [0.25, 0.3) is 0 Å². The van der Waals surface area contributed by atoms with Crippen LogP contribution in [0.15, 0.2) is 42.6 Å². The van der Waals surface area contributed by atoms with Gasteiger partial charge in [0.2, 0.25) is 0 Å². The van der Waals surface area contributed by atoms with Crippen molar-refractivity contribution >= 4 is 17.1 Å². The van der Waals surface area contributed by atoms with E-state index in [1.165, 1.54) is 30.5 Å². The highest BCUT2D eigenvalue weighted by Crippen LogP contribution is 2.34. The van der Waals surface area contributed by atoms with E-state index in [2.05, 4.69) is 15.0 Å². The van der Waals surface area contributed by atoms with Gasteiger partial charge in [-0.25, -0.2) is 4.98 Å². The predicted octanol–water partition coefficient (Wildman–Crippen LogP) is 4.95. The van der Waals surface area contributed by atoms with Gasteiger partial charge < -0.3 is 20.3 Å². The molecule has 0 radical (unpaired) electrons. The van der Waals surface area contributed by atoms with Gasteiger partial charge in [0, 0.05) is 17.4 Å². The van der Waals surface area contributed by atoms with Crippen LogP contribution in [0.25, 0.3) is 5.57 Å². The third-order valence-electron chi connectivity index (χ3n) is 4.02. The quantitative estimate of drug-likeness (QED) is 0.589. The zero-order valence-electron chi connectivity index (χ0n) is 15.6. The summed E-state index contributed by atoms with van der Waals surface area (Å²) in [5, 5.41) is 22.7. The number of ether oxygens (including phenoxy) is 1. The highest BCUT2D eigenvalue weighted by Gasteiger charge is 2.31. The van der Waals surface area contributed by atoms with Crippen molar-refractivity contribution in [3.63, 3.8) is 0 Å². The molecule has 1 aromatic heterocycles. The molecule has 28 heavy (non-hydrogen) atoms. The van der Waals surface area contributed by atoms with Crippen LogP contribution in [-0.2, 0) is 0 Å². The number of nitrogens with zero attached hydrogens (tertiary/aromatic N) is 1. The fourth-order valence-electron chi connectivity index (χ4n) is 2.83. The van der Waals surface area contributed by atoms with Gasteiger partial charge in [0.15, 0.2) is 0 Å². The molecule has 0 saturated heterocycles. The molecule has 3 N–H and O–H groups in total. The molecule has 5 nitrogen and oxygen atoms in total. The molecule has 0 saturated carbocycles. The molecule has 1 aromatic carbocycles. The van der Waals surface area contributed by atoms with Crippen LogP contribution in [-0.4, -0.2) is 28.2 Å². The third-order valence-corrected chi connectivity index (χ3v) is 4.02. The summed E-state index contributed by atoms with van der Waals surface area (Å²) in [5.74, 6) is 0.117. The minimum absolute atomic E-state index is 0.323. The highest BCUT2D eigenvalue weighted by atomic mass is 19.4. The Morgan fingerprint density at radius 1 is 1.21 bits per heavy atom. The maximum Gasteiger partial charge on any atom is 0.573 e. The number of aliphatic hydroxyl groups excluding tert-OH is 2. The van der Waals surface area contributed by atoms with Crippen LogP contribution in [0.5, 0.6) is 5.75 Å². The Balaban J connectivity index is 2.41. The Morgan fingerprint density at radius 2 is 1.89 bits per heavy atom. The number of aliphatic hydroxyl groups is 2. The number of pyridine rings is 1. The second-order valence-electron chi connectivity index (χ2n) is 6.01. The molecule has 0 aliphatic carbocycles. The third kappa shape index (κ3) is 5.71. The SMILES string of the molecule is CC/C=C(\CC)c1c(C(O)CO)ccnc1Nc1ccc(OC(F)(F)F)cc1. The number of allylic oxidation sites excluding steroid dienone is 2. The zero-order valence-corrected chi connectivity index (χ0v) is 15.6. The number of anilines is 2. The first kappa shape index (κ1) is 21.7. The molecular formula is C20H23F3N2O3. The Labute approximate surface area is 161 Å². The van der Waals surface area contributed by atoms with E-state index < -0.39 is 19.1 Å². The summed E-state index contributed by atoms with van der Waals surface area (Å²) >= 11 is 0. The van der Waals surface area contributed by atoms with Crippen molar-refractivity contribution < 1.29 is 28.1 Å². The van der Waals surface area contributed by atoms with Crippen molar-refractivity contribution in [2.24, 2.45) is 0 Å². The van der Waals surface area contributed by atoms with Crippen LogP contribution in [0, 0.1) is 0 Å². The van der Waals surface area contributed by atoms with Crippen LogP contribution in [0.3, 0.4) is 0 Å². The van der Waals surface area contributed by atoms with Crippen LogP contribution in [0.1, 0.15) is 43.9 Å². The molecule has 0 aliphatic rings. The Hall–Kier alpha value is -2.58.